The van der Waals surface area contributed by atoms with Crippen molar-refractivity contribution in [2.24, 2.45) is 0 Å². The van der Waals surface area contributed by atoms with Crippen LogP contribution in [0.15, 0.2) is 24.3 Å². The predicted molar refractivity (Wildman–Crippen MR) is 333 cm³/mol. The monoisotopic (exact) mass is 1070 g/mol. The zero-order valence-corrected chi connectivity index (χ0v) is 51.5. The first-order chi connectivity index (χ1) is 37.5. The molecule has 0 spiro atoms. The summed E-state index contributed by atoms with van der Waals surface area (Å²) in [5.41, 5.74) is 0. The van der Waals surface area contributed by atoms with Gasteiger partial charge in [-0.1, -0.05) is 340 Å². The van der Waals surface area contributed by atoms with Crippen molar-refractivity contribution in [1.29, 1.82) is 0 Å². The van der Waals surface area contributed by atoms with Crippen LogP contribution >= 0.6 is 0 Å². The van der Waals surface area contributed by atoms with E-state index in [2.05, 4.69) is 31.3 Å². The van der Waals surface area contributed by atoms with Crippen LogP contribution in [0.3, 0.4) is 0 Å². The quantitative estimate of drug-likeness (QED) is 0.0320. The average molecular weight is 1070 g/mol. The summed E-state index contributed by atoms with van der Waals surface area (Å²) in [7, 11) is 0. The molecule has 0 aromatic heterocycles. The number of rotatable bonds is 65. The molecule has 2 atom stereocenters. The molecule has 0 aromatic carbocycles. The Balaban J connectivity index is 3.39. The van der Waals surface area contributed by atoms with Gasteiger partial charge >= 0.3 is 5.97 Å². The van der Waals surface area contributed by atoms with E-state index in [1.807, 2.05) is 6.08 Å². The van der Waals surface area contributed by atoms with Gasteiger partial charge < -0.3 is 20.3 Å². The number of allylic oxidation sites excluding steroid dienone is 3. The normalized spacial score (nSPS) is 12.6. The van der Waals surface area contributed by atoms with E-state index in [4.69, 9.17) is 4.74 Å². The van der Waals surface area contributed by atoms with Crippen LogP contribution in [-0.2, 0) is 14.3 Å². The van der Waals surface area contributed by atoms with E-state index in [0.717, 1.165) is 38.5 Å². The highest BCUT2D eigenvalue weighted by Crippen LogP contribution is 2.18. The Bertz CT molecular complexity index is 1190. The number of aliphatic hydroxyl groups is 2. The molecule has 0 aromatic rings. The zero-order chi connectivity index (χ0) is 55.0. The maximum Gasteiger partial charge on any atom is 0.305 e. The van der Waals surface area contributed by atoms with Crippen LogP contribution in [0.5, 0.6) is 0 Å². The van der Waals surface area contributed by atoms with E-state index >= 15 is 0 Å². The average Bonchev–Trinajstić information content (AvgIpc) is 3.42. The topological polar surface area (TPSA) is 95.9 Å². The minimum atomic E-state index is -0.845. The molecular formula is C70H135NO5. The van der Waals surface area contributed by atoms with Crippen molar-refractivity contribution < 1.29 is 24.5 Å². The molecule has 6 nitrogen and oxygen atoms in total. The van der Waals surface area contributed by atoms with Gasteiger partial charge in [0, 0.05) is 12.8 Å². The molecule has 0 saturated heterocycles. The standard InChI is InChI=1S/C70H135NO5/c1-3-5-7-9-11-13-15-17-19-31-35-38-42-46-50-54-58-62-68(73)67(66-72)71-69(74)63-59-55-51-47-43-39-36-32-29-27-25-23-21-20-22-24-26-28-30-33-37-41-45-49-53-57-61-65-76-70(75)64-60-56-52-48-44-40-34-18-16-14-12-10-8-6-4-2/h20-21,58,62,67-68,72-73H,3-19,22-57,59-61,63-66H2,1-2H3,(H,71,74)/b21-20-,62-58+. The number of aliphatic hydroxyl groups excluding tert-OH is 2. The number of amides is 1. The van der Waals surface area contributed by atoms with Crippen molar-refractivity contribution in [1.82, 2.24) is 5.32 Å². The van der Waals surface area contributed by atoms with Crippen LogP contribution in [0.4, 0.5) is 0 Å². The summed E-state index contributed by atoms with van der Waals surface area (Å²) >= 11 is 0. The molecule has 0 aliphatic rings. The molecule has 0 radical (unpaired) electrons. The van der Waals surface area contributed by atoms with E-state index in [1.54, 1.807) is 6.08 Å². The Hall–Kier alpha value is -1.66. The van der Waals surface area contributed by atoms with Crippen molar-refractivity contribution in [2.45, 2.75) is 398 Å². The lowest BCUT2D eigenvalue weighted by atomic mass is 10.0. The lowest BCUT2D eigenvalue weighted by Gasteiger charge is -2.20. The summed E-state index contributed by atoms with van der Waals surface area (Å²) in [5, 5.41) is 23.2. The summed E-state index contributed by atoms with van der Waals surface area (Å²) in [5.74, 6) is -0.0476. The van der Waals surface area contributed by atoms with Crippen molar-refractivity contribution in [3.63, 3.8) is 0 Å². The van der Waals surface area contributed by atoms with E-state index in [1.165, 1.54) is 321 Å². The Labute approximate surface area is 475 Å². The van der Waals surface area contributed by atoms with Gasteiger partial charge in [-0.05, 0) is 57.8 Å². The number of esters is 1. The highest BCUT2D eigenvalue weighted by Gasteiger charge is 2.18. The molecule has 0 fully saturated rings. The summed E-state index contributed by atoms with van der Waals surface area (Å²) < 4.78 is 5.50. The SMILES string of the molecule is CCCCCCCCCCCCCCCCC/C=C/C(O)C(CO)NC(=O)CCCCCCCCCCCCC/C=C\CCCCCCCCCCCCCCOC(=O)CCCCCCCCCCCCCCCCC. The molecule has 6 heteroatoms. The molecule has 0 aliphatic carbocycles. The lowest BCUT2D eigenvalue weighted by Crippen LogP contribution is -2.45. The third-order valence-corrected chi connectivity index (χ3v) is 16.2. The first-order valence-corrected chi connectivity index (χ1v) is 34.6. The van der Waals surface area contributed by atoms with Crippen LogP contribution in [0, 0.1) is 0 Å². The van der Waals surface area contributed by atoms with Crippen molar-refractivity contribution in [2.75, 3.05) is 13.2 Å². The number of ether oxygens (including phenoxy) is 1. The fourth-order valence-corrected chi connectivity index (χ4v) is 10.9. The zero-order valence-electron chi connectivity index (χ0n) is 51.5. The minimum absolute atomic E-state index is 0.0183. The van der Waals surface area contributed by atoms with Crippen LogP contribution < -0.4 is 5.32 Å². The third-order valence-electron chi connectivity index (χ3n) is 16.2. The molecule has 450 valence electrons. The molecule has 0 rings (SSSR count). The molecule has 3 N–H and O–H groups in total. The Morgan fingerprint density at radius 1 is 0.355 bits per heavy atom. The highest BCUT2D eigenvalue weighted by atomic mass is 16.5. The first kappa shape index (κ1) is 74.3. The molecular weight excluding hydrogens is 935 g/mol. The molecule has 0 saturated carbocycles. The second kappa shape index (κ2) is 65.9. The predicted octanol–water partition coefficient (Wildman–Crippen LogP) is 22.1. The number of carbonyl (C=O) groups is 2. The van der Waals surface area contributed by atoms with Gasteiger partial charge in [0.05, 0.1) is 25.4 Å². The van der Waals surface area contributed by atoms with E-state index in [0.29, 0.717) is 19.4 Å². The molecule has 1 amide bonds. The van der Waals surface area contributed by atoms with Gasteiger partial charge in [-0.25, -0.2) is 0 Å². The largest absolute Gasteiger partial charge is 0.466 e. The Kier molecular flexibility index (Phi) is 64.4. The fraction of sp³-hybridized carbons (Fsp3) is 0.914. The summed E-state index contributed by atoms with van der Waals surface area (Å²) in [4.78, 5) is 24.6. The van der Waals surface area contributed by atoms with E-state index in [-0.39, 0.29) is 18.5 Å². The second-order valence-corrected chi connectivity index (χ2v) is 23.9. The Morgan fingerprint density at radius 3 is 0.934 bits per heavy atom. The summed E-state index contributed by atoms with van der Waals surface area (Å²) in [6.07, 6.45) is 82.5. The molecule has 2 unspecified atom stereocenters. The van der Waals surface area contributed by atoms with E-state index in [9.17, 15) is 19.8 Å². The minimum Gasteiger partial charge on any atom is -0.466 e. The number of unbranched alkanes of at least 4 members (excludes halogenated alkanes) is 52. The van der Waals surface area contributed by atoms with Gasteiger partial charge in [-0.15, -0.1) is 0 Å². The lowest BCUT2D eigenvalue weighted by molar-refractivity contribution is -0.143. The summed E-state index contributed by atoms with van der Waals surface area (Å²) in [6, 6.07) is -0.628. The van der Waals surface area contributed by atoms with Crippen LogP contribution in [0.1, 0.15) is 386 Å². The van der Waals surface area contributed by atoms with Crippen LogP contribution in [-0.4, -0.2) is 47.4 Å². The van der Waals surface area contributed by atoms with Crippen LogP contribution in [0.2, 0.25) is 0 Å². The fourth-order valence-electron chi connectivity index (χ4n) is 10.9. The van der Waals surface area contributed by atoms with Crippen molar-refractivity contribution in [3.8, 4) is 0 Å². The van der Waals surface area contributed by atoms with Gasteiger partial charge in [0.1, 0.15) is 0 Å². The highest BCUT2D eigenvalue weighted by molar-refractivity contribution is 5.76. The van der Waals surface area contributed by atoms with Crippen molar-refractivity contribution in [3.05, 3.63) is 24.3 Å². The smallest absolute Gasteiger partial charge is 0.305 e. The van der Waals surface area contributed by atoms with Gasteiger partial charge in [0.25, 0.3) is 0 Å². The molecule has 0 bridgehead atoms. The number of hydrogen-bond acceptors (Lipinski definition) is 5. The first-order valence-electron chi connectivity index (χ1n) is 34.6. The number of hydrogen-bond donors (Lipinski definition) is 3. The Morgan fingerprint density at radius 2 is 0.618 bits per heavy atom. The van der Waals surface area contributed by atoms with Gasteiger partial charge in [-0.2, -0.15) is 0 Å². The maximum absolute atomic E-state index is 12.5. The van der Waals surface area contributed by atoms with E-state index < -0.39 is 12.1 Å². The second-order valence-electron chi connectivity index (χ2n) is 23.9. The van der Waals surface area contributed by atoms with Gasteiger partial charge in [0.15, 0.2) is 0 Å². The van der Waals surface area contributed by atoms with Crippen LogP contribution in [0.25, 0.3) is 0 Å². The van der Waals surface area contributed by atoms with Crippen molar-refractivity contribution >= 4 is 11.9 Å². The number of carbonyl (C=O) groups excluding carboxylic acids is 2. The van der Waals surface area contributed by atoms with Gasteiger partial charge in [-0.3, -0.25) is 9.59 Å². The molecule has 0 aliphatic heterocycles. The van der Waals surface area contributed by atoms with Gasteiger partial charge in [0.2, 0.25) is 5.91 Å². The third kappa shape index (κ3) is 61.6. The maximum atomic E-state index is 12.5. The molecule has 0 heterocycles. The summed E-state index contributed by atoms with van der Waals surface area (Å²) in [6.45, 7) is 4.94. The number of nitrogens with one attached hydrogen (secondary N) is 1. The molecule has 76 heavy (non-hydrogen) atoms.